The summed E-state index contributed by atoms with van der Waals surface area (Å²) in [6.07, 6.45) is 5.50. The van der Waals surface area contributed by atoms with Crippen LogP contribution in [0.2, 0.25) is 15.1 Å². The minimum absolute atomic E-state index is 0.00878. The number of hydrogen-bond acceptors (Lipinski definition) is 1. The van der Waals surface area contributed by atoms with Gasteiger partial charge in [0, 0.05) is 6.04 Å². The Kier molecular flexibility index (Phi) is 5.82. The number of halogens is 3. The summed E-state index contributed by atoms with van der Waals surface area (Å²) in [4.78, 5) is 0. The Labute approximate surface area is 124 Å². The van der Waals surface area contributed by atoms with Gasteiger partial charge in [-0.05, 0) is 24.5 Å². The van der Waals surface area contributed by atoms with Crippen molar-refractivity contribution in [3.63, 3.8) is 0 Å². The predicted molar refractivity (Wildman–Crippen MR) is 80.5 cm³/mol. The molecule has 0 radical (unpaired) electrons. The van der Waals surface area contributed by atoms with Crippen LogP contribution < -0.4 is 5.32 Å². The van der Waals surface area contributed by atoms with Gasteiger partial charge in [-0.2, -0.15) is 0 Å². The molecule has 0 aliphatic rings. The standard InChI is InChI=1S/C14H16Cl3N/c1-5-12(8(2)3)18-9(4)10-6-7-11(15)14(17)13(10)16/h1,6-9,12,18H,2-4H3. The van der Waals surface area contributed by atoms with Crippen LogP contribution in [0.1, 0.15) is 32.4 Å². The molecule has 0 amide bonds. The van der Waals surface area contributed by atoms with Crippen LogP contribution in [0.5, 0.6) is 0 Å². The third kappa shape index (κ3) is 3.56. The van der Waals surface area contributed by atoms with Gasteiger partial charge in [-0.3, -0.25) is 5.32 Å². The molecular formula is C14H16Cl3N. The molecule has 0 saturated carbocycles. The van der Waals surface area contributed by atoms with Crippen molar-refractivity contribution in [1.82, 2.24) is 5.32 Å². The Morgan fingerprint density at radius 3 is 2.22 bits per heavy atom. The van der Waals surface area contributed by atoms with E-state index < -0.39 is 0 Å². The van der Waals surface area contributed by atoms with Crippen LogP contribution in [0, 0.1) is 18.3 Å². The third-order valence-electron chi connectivity index (χ3n) is 2.81. The maximum Gasteiger partial charge on any atom is 0.0781 e. The minimum atomic E-state index is -0.00878. The lowest BCUT2D eigenvalue weighted by Crippen LogP contribution is -2.34. The lowest BCUT2D eigenvalue weighted by atomic mass is 10.0. The van der Waals surface area contributed by atoms with Gasteiger partial charge in [0.15, 0.2) is 0 Å². The summed E-state index contributed by atoms with van der Waals surface area (Å²) >= 11 is 18.1. The molecule has 18 heavy (non-hydrogen) atoms. The van der Waals surface area contributed by atoms with Crippen molar-refractivity contribution in [1.29, 1.82) is 0 Å². The van der Waals surface area contributed by atoms with E-state index in [0.717, 1.165) is 5.56 Å². The predicted octanol–water partition coefficient (Wildman–Crippen LogP) is 4.96. The molecule has 0 bridgehead atoms. The van der Waals surface area contributed by atoms with Crippen LogP contribution in [0.25, 0.3) is 0 Å². The van der Waals surface area contributed by atoms with Gasteiger partial charge in [-0.25, -0.2) is 0 Å². The van der Waals surface area contributed by atoms with Crippen LogP contribution in [-0.4, -0.2) is 6.04 Å². The number of rotatable bonds is 4. The third-order valence-corrected chi connectivity index (χ3v) is 4.12. The lowest BCUT2D eigenvalue weighted by molar-refractivity contribution is 0.432. The Balaban J connectivity index is 2.95. The van der Waals surface area contributed by atoms with Gasteiger partial charge in [-0.15, -0.1) is 6.42 Å². The fourth-order valence-electron chi connectivity index (χ4n) is 1.67. The molecular weight excluding hydrogens is 289 g/mol. The summed E-state index contributed by atoms with van der Waals surface area (Å²) in [6, 6.07) is 3.60. The molecule has 1 N–H and O–H groups in total. The van der Waals surface area contributed by atoms with Crippen LogP contribution in [0.4, 0.5) is 0 Å². The normalized spacial score (nSPS) is 14.3. The van der Waals surface area contributed by atoms with E-state index in [1.807, 2.05) is 13.0 Å². The van der Waals surface area contributed by atoms with Crippen LogP contribution >= 0.6 is 34.8 Å². The molecule has 1 aromatic rings. The molecule has 1 nitrogen and oxygen atoms in total. The second-order valence-corrected chi connectivity index (χ2v) is 5.70. The zero-order valence-electron chi connectivity index (χ0n) is 10.6. The summed E-state index contributed by atoms with van der Waals surface area (Å²) in [6.45, 7) is 6.14. The quantitative estimate of drug-likeness (QED) is 0.612. The fourth-order valence-corrected chi connectivity index (χ4v) is 2.37. The molecule has 0 saturated heterocycles. The minimum Gasteiger partial charge on any atom is -0.297 e. The molecule has 2 unspecified atom stereocenters. The smallest absolute Gasteiger partial charge is 0.0781 e. The summed E-state index contributed by atoms with van der Waals surface area (Å²) in [5.41, 5.74) is 0.895. The van der Waals surface area contributed by atoms with Crippen molar-refractivity contribution in [3.8, 4) is 12.3 Å². The Hall–Kier alpha value is -0.390. The van der Waals surface area contributed by atoms with Gasteiger partial charge in [0.1, 0.15) is 0 Å². The van der Waals surface area contributed by atoms with Gasteiger partial charge in [0.05, 0.1) is 21.1 Å². The average Bonchev–Trinajstić information content (AvgIpc) is 2.32. The first kappa shape index (κ1) is 15.7. The average molecular weight is 305 g/mol. The van der Waals surface area contributed by atoms with Crippen LogP contribution in [0.3, 0.4) is 0 Å². The molecule has 1 aromatic carbocycles. The Bertz CT molecular complexity index is 463. The van der Waals surface area contributed by atoms with Crippen molar-refractivity contribution in [2.45, 2.75) is 32.9 Å². The van der Waals surface area contributed by atoms with Crippen molar-refractivity contribution >= 4 is 34.8 Å². The largest absolute Gasteiger partial charge is 0.297 e. The van der Waals surface area contributed by atoms with Gasteiger partial charge >= 0.3 is 0 Å². The number of benzene rings is 1. The monoisotopic (exact) mass is 303 g/mol. The highest BCUT2D eigenvalue weighted by Crippen LogP contribution is 2.35. The molecule has 0 fully saturated rings. The first-order valence-electron chi connectivity index (χ1n) is 5.74. The lowest BCUT2D eigenvalue weighted by Gasteiger charge is -2.23. The van der Waals surface area contributed by atoms with Gasteiger partial charge < -0.3 is 0 Å². The molecule has 4 heteroatoms. The van der Waals surface area contributed by atoms with E-state index in [4.69, 9.17) is 41.2 Å². The Morgan fingerprint density at radius 1 is 1.11 bits per heavy atom. The zero-order chi connectivity index (χ0) is 13.9. The highest BCUT2D eigenvalue weighted by Gasteiger charge is 2.18. The van der Waals surface area contributed by atoms with E-state index in [0.29, 0.717) is 21.0 Å². The highest BCUT2D eigenvalue weighted by atomic mass is 35.5. The van der Waals surface area contributed by atoms with Crippen molar-refractivity contribution in [2.75, 3.05) is 0 Å². The Morgan fingerprint density at radius 2 is 1.72 bits per heavy atom. The summed E-state index contributed by atoms with van der Waals surface area (Å²) < 4.78 is 0. The fraction of sp³-hybridized carbons (Fsp3) is 0.429. The first-order chi connectivity index (χ1) is 8.38. The van der Waals surface area contributed by atoms with Gasteiger partial charge in [0.2, 0.25) is 0 Å². The summed E-state index contributed by atoms with van der Waals surface area (Å²) in [5, 5.41) is 4.66. The van der Waals surface area contributed by atoms with Crippen molar-refractivity contribution in [3.05, 3.63) is 32.8 Å². The molecule has 0 spiro atoms. The molecule has 0 heterocycles. The first-order valence-corrected chi connectivity index (χ1v) is 6.87. The topological polar surface area (TPSA) is 12.0 Å². The summed E-state index contributed by atoms with van der Waals surface area (Å²) in [5.74, 6) is 3.08. The number of hydrogen-bond donors (Lipinski definition) is 1. The maximum atomic E-state index is 6.19. The van der Waals surface area contributed by atoms with E-state index in [1.54, 1.807) is 6.07 Å². The highest BCUT2D eigenvalue weighted by molar-refractivity contribution is 6.48. The van der Waals surface area contributed by atoms with E-state index >= 15 is 0 Å². The van der Waals surface area contributed by atoms with Crippen molar-refractivity contribution < 1.29 is 0 Å². The molecule has 98 valence electrons. The van der Waals surface area contributed by atoms with Gasteiger partial charge in [-0.1, -0.05) is 60.6 Å². The molecule has 2 atom stereocenters. The number of nitrogens with one attached hydrogen (secondary N) is 1. The van der Waals surface area contributed by atoms with Crippen LogP contribution in [-0.2, 0) is 0 Å². The molecule has 0 aromatic heterocycles. The van der Waals surface area contributed by atoms with E-state index in [2.05, 4.69) is 25.1 Å². The summed E-state index contributed by atoms with van der Waals surface area (Å²) in [7, 11) is 0. The van der Waals surface area contributed by atoms with Gasteiger partial charge in [0.25, 0.3) is 0 Å². The SMILES string of the molecule is C#CC(NC(C)c1ccc(Cl)c(Cl)c1Cl)C(C)C. The second-order valence-electron chi connectivity index (χ2n) is 4.54. The second kappa shape index (κ2) is 6.68. The van der Waals surface area contributed by atoms with Crippen LogP contribution in [0.15, 0.2) is 12.1 Å². The molecule has 1 rings (SSSR count). The van der Waals surface area contributed by atoms with E-state index in [1.165, 1.54) is 0 Å². The van der Waals surface area contributed by atoms with E-state index in [-0.39, 0.29) is 12.1 Å². The maximum absolute atomic E-state index is 6.19. The number of terminal acetylenes is 1. The van der Waals surface area contributed by atoms with Crippen molar-refractivity contribution in [2.24, 2.45) is 5.92 Å². The molecule has 0 aliphatic heterocycles. The molecule has 0 aliphatic carbocycles. The van der Waals surface area contributed by atoms with E-state index in [9.17, 15) is 0 Å². The zero-order valence-corrected chi connectivity index (χ0v) is 12.9.